The lowest BCUT2D eigenvalue weighted by Gasteiger charge is -2.17. The molecular weight excluding hydrogens is 210 g/mol. The topological polar surface area (TPSA) is 84.2 Å². The van der Waals surface area contributed by atoms with E-state index in [1.54, 1.807) is 27.1 Å². The van der Waals surface area contributed by atoms with Gasteiger partial charge >= 0.3 is 5.97 Å². The molecule has 88 valence electrons. The van der Waals surface area contributed by atoms with Gasteiger partial charge in [0.05, 0.1) is 5.92 Å². The van der Waals surface area contributed by atoms with Crippen LogP contribution in [0.3, 0.4) is 0 Å². The molecule has 0 radical (unpaired) electrons. The Morgan fingerprint density at radius 3 is 2.75 bits per heavy atom. The molecule has 0 saturated carbocycles. The first-order chi connectivity index (χ1) is 7.43. The number of rotatable bonds is 4. The van der Waals surface area contributed by atoms with Crippen molar-refractivity contribution in [3.05, 3.63) is 22.7 Å². The van der Waals surface area contributed by atoms with E-state index in [2.05, 4.69) is 10.3 Å². The highest BCUT2D eigenvalue weighted by atomic mass is 16.4. The Balaban J connectivity index is 2.85. The number of anilines is 1. The molecule has 0 aliphatic carbocycles. The van der Waals surface area contributed by atoms with Gasteiger partial charge in [-0.05, 0) is 13.8 Å². The van der Waals surface area contributed by atoms with Gasteiger partial charge in [0.1, 0.15) is 0 Å². The highest BCUT2D eigenvalue weighted by Gasteiger charge is 2.20. The summed E-state index contributed by atoms with van der Waals surface area (Å²) in [6.45, 7) is 3.28. The maximum atomic E-state index is 11.6. The zero-order chi connectivity index (χ0) is 12.3. The standard InChI is InChI=1S/C10H15N3O3/c1-6(10(15)16)7(2)12-8-9(14)13(3)5-4-11-8/h4-7H,1-3H3,(H,11,12)(H,15,16). The summed E-state index contributed by atoms with van der Waals surface area (Å²) in [6.07, 6.45) is 3.03. The Morgan fingerprint density at radius 1 is 1.56 bits per heavy atom. The van der Waals surface area contributed by atoms with Gasteiger partial charge in [0.25, 0.3) is 5.56 Å². The molecule has 1 aromatic rings. The first kappa shape index (κ1) is 12.2. The number of carboxylic acids is 1. The number of carboxylic acid groups (broad SMARTS) is 1. The SMILES string of the molecule is CC(Nc1nccn(C)c1=O)C(C)C(=O)O. The number of nitrogens with zero attached hydrogens (tertiary/aromatic N) is 2. The molecule has 2 N–H and O–H groups in total. The van der Waals surface area contributed by atoms with Crippen molar-refractivity contribution >= 4 is 11.8 Å². The second kappa shape index (κ2) is 4.78. The molecule has 0 aliphatic rings. The van der Waals surface area contributed by atoms with Gasteiger partial charge in [-0.1, -0.05) is 0 Å². The number of aromatic nitrogens is 2. The summed E-state index contributed by atoms with van der Waals surface area (Å²) in [5.74, 6) is -1.33. The summed E-state index contributed by atoms with van der Waals surface area (Å²) in [6, 6.07) is -0.361. The molecule has 1 aromatic heterocycles. The highest BCUT2D eigenvalue weighted by Crippen LogP contribution is 2.07. The Kier molecular flexibility index (Phi) is 3.65. The van der Waals surface area contributed by atoms with E-state index in [0.29, 0.717) is 0 Å². The minimum absolute atomic E-state index is 0.172. The average Bonchev–Trinajstić information content (AvgIpc) is 2.23. The monoisotopic (exact) mass is 225 g/mol. The molecule has 2 unspecified atom stereocenters. The molecule has 0 saturated heterocycles. The van der Waals surface area contributed by atoms with Gasteiger partial charge in [0.2, 0.25) is 0 Å². The van der Waals surface area contributed by atoms with E-state index < -0.39 is 11.9 Å². The first-order valence-electron chi connectivity index (χ1n) is 4.94. The van der Waals surface area contributed by atoms with Crippen LogP contribution in [0.1, 0.15) is 13.8 Å². The molecule has 2 atom stereocenters. The molecule has 0 fully saturated rings. The quantitative estimate of drug-likeness (QED) is 0.770. The second-order valence-corrected chi connectivity index (χ2v) is 3.75. The average molecular weight is 225 g/mol. The lowest BCUT2D eigenvalue weighted by molar-refractivity contribution is -0.141. The second-order valence-electron chi connectivity index (χ2n) is 3.75. The summed E-state index contributed by atoms with van der Waals surface area (Å²) in [4.78, 5) is 26.2. The molecule has 0 spiro atoms. The molecule has 1 rings (SSSR count). The van der Waals surface area contributed by atoms with Crippen molar-refractivity contribution in [1.29, 1.82) is 0 Å². The Bertz CT molecular complexity index is 441. The van der Waals surface area contributed by atoms with Crippen LogP contribution in [0, 0.1) is 5.92 Å². The largest absolute Gasteiger partial charge is 0.481 e. The first-order valence-corrected chi connectivity index (χ1v) is 4.94. The fourth-order valence-corrected chi connectivity index (χ4v) is 1.15. The zero-order valence-corrected chi connectivity index (χ0v) is 9.47. The Morgan fingerprint density at radius 2 is 2.19 bits per heavy atom. The minimum atomic E-state index is -0.909. The molecular formula is C10H15N3O3. The van der Waals surface area contributed by atoms with E-state index in [0.717, 1.165) is 0 Å². The van der Waals surface area contributed by atoms with E-state index in [1.165, 1.54) is 10.8 Å². The van der Waals surface area contributed by atoms with Crippen LogP contribution in [-0.2, 0) is 11.8 Å². The number of hydrogen-bond acceptors (Lipinski definition) is 4. The van der Waals surface area contributed by atoms with E-state index in [9.17, 15) is 9.59 Å². The van der Waals surface area contributed by atoms with E-state index in [1.807, 2.05) is 0 Å². The third kappa shape index (κ3) is 2.59. The third-order valence-electron chi connectivity index (χ3n) is 2.52. The molecule has 6 nitrogen and oxygen atoms in total. The van der Waals surface area contributed by atoms with E-state index in [4.69, 9.17) is 5.11 Å². The molecule has 0 aromatic carbocycles. The Labute approximate surface area is 92.9 Å². The lowest BCUT2D eigenvalue weighted by atomic mass is 10.0. The predicted octanol–water partition coefficient (Wildman–Crippen LogP) is 0.301. The fraction of sp³-hybridized carbons (Fsp3) is 0.500. The van der Waals surface area contributed by atoms with Crippen LogP contribution in [0.15, 0.2) is 17.2 Å². The van der Waals surface area contributed by atoms with Crippen molar-refractivity contribution in [3.8, 4) is 0 Å². The van der Waals surface area contributed by atoms with Gasteiger partial charge in [-0.25, -0.2) is 4.98 Å². The number of carbonyl (C=O) groups is 1. The van der Waals surface area contributed by atoms with E-state index >= 15 is 0 Å². The van der Waals surface area contributed by atoms with Crippen LogP contribution in [0.2, 0.25) is 0 Å². The van der Waals surface area contributed by atoms with Gasteiger partial charge < -0.3 is 15.0 Å². The van der Waals surface area contributed by atoms with Crippen LogP contribution in [-0.4, -0.2) is 26.7 Å². The third-order valence-corrected chi connectivity index (χ3v) is 2.52. The molecule has 0 aliphatic heterocycles. The van der Waals surface area contributed by atoms with Gasteiger partial charge in [-0.2, -0.15) is 0 Å². The number of nitrogens with one attached hydrogen (secondary N) is 1. The zero-order valence-electron chi connectivity index (χ0n) is 9.47. The maximum absolute atomic E-state index is 11.6. The summed E-state index contributed by atoms with van der Waals surface area (Å²) in [5, 5.41) is 11.6. The molecule has 1 heterocycles. The molecule has 16 heavy (non-hydrogen) atoms. The van der Waals surface area contributed by atoms with Crippen molar-refractivity contribution in [1.82, 2.24) is 9.55 Å². The molecule has 6 heteroatoms. The van der Waals surface area contributed by atoms with E-state index in [-0.39, 0.29) is 17.4 Å². The van der Waals surface area contributed by atoms with Crippen LogP contribution in [0.25, 0.3) is 0 Å². The lowest BCUT2D eigenvalue weighted by Crippen LogP contribution is -2.33. The summed E-state index contributed by atoms with van der Waals surface area (Å²) < 4.78 is 1.38. The van der Waals surface area contributed by atoms with Crippen molar-refractivity contribution in [2.75, 3.05) is 5.32 Å². The van der Waals surface area contributed by atoms with Gasteiger partial charge in [0.15, 0.2) is 5.82 Å². The minimum Gasteiger partial charge on any atom is -0.481 e. The summed E-state index contributed by atoms with van der Waals surface area (Å²) >= 11 is 0. The number of aliphatic carboxylic acids is 1. The van der Waals surface area contributed by atoms with Crippen molar-refractivity contribution in [3.63, 3.8) is 0 Å². The molecule has 0 amide bonds. The van der Waals surface area contributed by atoms with Crippen LogP contribution in [0.5, 0.6) is 0 Å². The smallest absolute Gasteiger partial charge is 0.308 e. The highest BCUT2D eigenvalue weighted by molar-refractivity contribution is 5.70. The van der Waals surface area contributed by atoms with Crippen molar-refractivity contribution < 1.29 is 9.90 Å². The van der Waals surface area contributed by atoms with Gasteiger partial charge in [-0.15, -0.1) is 0 Å². The molecule has 0 bridgehead atoms. The summed E-state index contributed by atoms with van der Waals surface area (Å²) in [7, 11) is 1.61. The van der Waals surface area contributed by atoms with Gasteiger partial charge in [0, 0.05) is 25.5 Å². The normalized spacial score (nSPS) is 14.2. The van der Waals surface area contributed by atoms with Crippen molar-refractivity contribution in [2.45, 2.75) is 19.9 Å². The predicted molar refractivity (Wildman–Crippen MR) is 59.4 cm³/mol. The number of aryl methyl sites for hydroxylation is 1. The van der Waals surface area contributed by atoms with Crippen LogP contribution in [0.4, 0.5) is 5.82 Å². The van der Waals surface area contributed by atoms with Crippen LogP contribution >= 0.6 is 0 Å². The maximum Gasteiger partial charge on any atom is 0.308 e. The van der Waals surface area contributed by atoms with Crippen LogP contribution < -0.4 is 10.9 Å². The summed E-state index contributed by atoms with van der Waals surface area (Å²) in [5.41, 5.74) is -0.271. The fourth-order valence-electron chi connectivity index (χ4n) is 1.15. The number of hydrogen-bond donors (Lipinski definition) is 2. The Hall–Kier alpha value is -1.85. The van der Waals surface area contributed by atoms with Gasteiger partial charge in [-0.3, -0.25) is 9.59 Å². The van der Waals surface area contributed by atoms with Crippen molar-refractivity contribution in [2.24, 2.45) is 13.0 Å².